The van der Waals surface area contributed by atoms with Crippen LogP contribution in [0.4, 0.5) is 0 Å². The summed E-state index contributed by atoms with van der Waals surface area (Å²) in [7, 11) is 0. The maximum Gasteiger partial charge on any atom is 0.0948 e. The first kappa shape index (κ1) is 13.2. The highest BCUT2D eigenvalue weighted by molar-refractivity contribution is 4.99. The molecule has 0 amide bonds. The van der Waals surface area contributed by atoms with Crippen molar-refractivity contribution < 1.29 is 0 Å². The Kier molecular flexibility index (Phi) is 4.54. The van der Waals surface area contributed by atoms with E-state index >= 15 is 0 Å². The minimum atomic E-state index is 0.158. The molecule has 0 saturated heterocycles. The van der Waals surface area contributed by atoms with Crippen LogP contribution in [0.5, 0.6) is 0 Å². The van der Waals surface area contributed by atoms with Gasteiger partial charge in [0.25, 0.3) is 0 Å². The molecule has 0 fully saturated rings. The molecule has 0 aliphatic heterocycles. The fourth-order valence-electron chi connectivity index (χ4n) is 1.48. The van der Waals surface area contributed by atoms with E-state index < -0.39 is 0 Å². The molecule has 0 spiro atoms. The Labute approximate surface area is 99.3 Å². The van der Waals surface area contributed by atoms with Crippen LogP contribution in [0.2, 0.25) is 0 Å². The molecule has 0 radical (unpaired) electrons. The molecule has 92 valence electrons. The Bertz CT molecular complexity index is 309. The molecule has 16 heavy (non-hydrogen) atoms. The van der Waals surface area contributed by atoms with Crippen molar-refractivity contribution in [2.45, 2.75) is 59.7 Å². The highest BCUT2D eigenvalue weighted by atomic mass is 15.1. The molecule has 0 aliphatic carbocycles. The van der Waals surface area contributed by atoms with Crippen LogP contribution >= 0.6 is 0 Å². The monoisotopic (exact) mass is 223 g/mol. The van der Waals surface area contributed by atoms with Gasteiger partial charge in [0.05, 0.1) is 12.0 Å². The number of hydrogen-bond donors (Lipinski definition) is 1. The van der Waals surface area contributed by atoms with Gasteiger partial charge in [-0.15, -0.1) is 0 Å². The Morgan fingerprint density at radius 3 is 2.69 bits per heavy atom. The zero-order valence-electron chi connectivity index (χ0n) is 11.2. The Hall–Kier alpha value is -0.830. The molecule has 1 heterocycles. The van der Waals surface area contributed by atoms with E-state index in [0.29, 0.717) is 5.92 Å². The van der Waals surface area contributed by atoms with Gasteiger partial charge in [-0.05, 0) is 26.7 Å². The predicted octanol–water partition coefficient (Wildman–Crippen LogP) is 2.82. The number of nitrogens with one attached hydrogen (secondary N) is 1. The minimum Gasteiger partial charge on any atom is -0.333 e. The van der Waals surface area contributed by atoms with Crippen molar-refractivity contribution >= 4 is 0 Å². The lowest BCUT2D eigenvalue weighted by molar-refractivity contribution is 0.404. The first-order valence-corrected chi connectivity index (χ1v) is 6.16. The Morgan fingerprint density at radius 1 is 1.44 bits per heavy atom. The largest absolute Gasteiger partial charge is 0.333 e. The zero-order chi connectivity index (χ0) is 12.2. The second-order valence-corrected chi connectivity index (χ2v) is 5.65. The quantitative estimate of drug-likeness (QED) is 0.832. The molecule has 0 aromatic carbocycles. The van der Waals surface area contributed by atoms with Crippen molar-refractivity contribution in [1.29, 1.82) is 0 Å². The van der Waals surface area contributed by atoms with Crippen LogP contribution in [0, 0.1) is 5.92 Å². The Balaban J connectivity index is 2.57. The number of hydrogen-bond acceptors (Lipinski definition) is 2. The summed E-state index contributed by atoms with van der Waals surface area (Å²) in [5.74, 6) is 0.711. The van der Waals surface area contributed by atoms with Gasteiger partial charge in [-0.3, -0.25) is 0 Å². The molecule has 1 N–H and O–H groups in total. The van der Waals surface area contributed by atoms with Crippen LogP contribution in [0.1, 0.15) is 46.7 Å². The van der Waals surface area contributed by atoms with E-state index in [1.54, 1.807) is 0 Å². The molecule has 1 aromatic heterocycles. The molecule has 0 bridgehead atoms. The first-order valence-electron chi connectivity index (χ1n) is 6.16. The summed E-state index contributed by atoms with van der Waals surface area (Å²) < 4.78 is 2.26. The van der Waals surface area contributed by atoms with Gasteiger partial charge in [0.15, 0.2) is 0 Å². The fraction of sp³-hybridized carbons (Fsp3) is 0.769. The predicted molar refractivity (Wildman–Crippen MR) is 68.3 cm³/mol. The normalized spacial score (nSPS) is 14.1. The van der Waals surface area contributed by atoms with Crippen LogP contribution in [0.25, 0.3) is 0 Å². The van der Waals surface area contributed by atoms with E-state index in [-0.39, 0.29) is 5.54 Å². The van der Waals surface area contributed by atoms with E-state index in [9.17, 15) is 0 Å². The second-order valence-electron chi connectivity index (χ2n) is 5.65. The molecular weight excluding hydrogens is 198 g/mol. The van der Waals surface area contributed by atoms with Crippen LogP contribution < -0.4 is 5.32 Å². The van der Waals surface area contributed by atoms with Crippen LogP contribution in [0.15, 0.2) is 12.5 Å². The summed E-state index contributed by atoms with van der Waals surface area (Å²) in [6.45, 7) is 13.0. The smallest absolute Gasteiger partial charge is 0.0948 e. The standard InChI is InChI=1S/C13H25N3/c1-6-11(2)9-16-10-14-7-12(16)8-15-13(3,4)5/h7,10-11,15H,6,8-9H2,1-5H3. The van der Waals surface area contributed by atoms with Crippen molar-refractivity contribution in [2.24, 2.45) is 5.92 Å². The summed E-state index contributed by atoms with van der Waals surface area (Å²) in [6, 6.07) is 0. The number of aromatic nitrogens is 2. The van der Waals surface area contributed by atoms with E-state index in [1.807, 2.05) is 12.5 Å². The number of nitrogens with zero attached hydrogens (tertiary/aromatic N) is 2. The zero-order valence-corrected chi connectivity index (χ0v) is 11.2. The third-order valence-electron chi connectivity index (χ3n) is 2.80. The summed E-state index contributed by atoms with van der Waals surface area (Å²) in [4.78, 5) is 4.23. The van der Waals surface area contributed by atoms with Crippen molar-refractivity contribution in [3.05, 3.63) is 18.2 Å². The summed E-state index contributed by atoms with van der Waals surface area (Å²) >= 11 is 0. The minimum absolute atomic E-state index is 0.158. The molecule has 1 atom stereocenters. The highest BCUT2D eigenvalue weighted by Crippen LogP contribution is 2.09. The van der Waals surface area contributed by atoms with Crippen LogP contribution in [-0.2, 0) is 13.1 Å². The van der Waals surface area contributed by atoms with Gasteiger partial charge < -0.3 is 9.88 Å². The summed E-state index contributed by atoms with van der Waals surface area (Å²) in [5, 5.41) is 3.50. The molecule has 3 heteroatoms. The molecule has 1 aromatic rings. The second kappa shape index (κ2) is 5.48. The van der Waals surface area contributed by atoms with Crippen molar-refractivity contribution in [2.75, 3.05) is 0 Å². The van der Waals surface area contributed by atoms with E-state index in [0.717, 1.165) is 13.1 Å². The molecule has 3 nitrogen and oxygen atoms in total. The van der Waals surface area contributed by atoms with Gasteiger partial charge in [0, 0.05) is 24.8 Å². The van der Waals surface area contributed by atoms with Crippen molar-refractivity contribution in [3.63, 3.8) is 0 Å². The van der Waals surface area contributed by atoms with Gasteiger partial charge in [-0.1, -0.05) is 20.3 Å². The van der Waals surface area contributed by atoms with Crippen LogP contribution in [-0.4, -0.2) is 15.1 Å². The van der Waals surface area contributed by atoms with Crippen molar-refractivity contribution in [1.82, 2.24) is 14.9 Å². The maximum absolute atomic E-state index is 4.23. The topological polar surface area (TPSA) is 29.9 Å². The fourth-order valence-corrected chi connectivity index (χ4v) is 1.48. The maximum atomic E-state index is 4.23. The average Bonchev–Trinajstić information content (AvgIpc) is 2.61. The third kappa shape index (κ3) is 4.35. The van der Waals surface area contributed by atoms with Crippen molar-refractivity contribution in [3.8, 4) is 0 Å². The third-order valence-corrected chi connectivity index (χ3v) is 2.80. The molecule has 1 unspecified atom stereocenters. The van der Waals surface area contributed by atoms with Crippen LogP contribution in [0.3, 0.4) is 0 Å². The van der Waals surface area contributed by atoms with Gasteiger partial charge in [-0.2, -0.15) is 0 Å². The number of rotatable bonds is 5. The van der Waals surface area contributed by atoms with E-state index in [4.69, 9.17) is 0 Å². The average molecular weight is 223 g/mol. The lowest BCUT2D eigenvalue weighted by Crippen LogP contribution is -2.35. The van der Waals surface area contributed by atoms with Gasteiger partial charge in [0.2, 0.25) is 0 Å². The van der Waals surface area contributed by atoms with E-state index in [2.05, 4.69) is 49.5 Å². The van der Waals surface area contributed by atoms with Gasteiger partial charge >= 0.3 is 0 Å². The first-order chi connectivity index (χ1) is 7.42. The molecule has 1 rings (SSSR count). The summed E-state index contributed by atoms with van der Waals surface area (Å²) in [5.41, 5.74) is 1.43. The lowest BCUT2D eigenvalue weighted by Gasteiger charge is -2.21. The lowest BCUT2D eigenvalue weighted by atomic mass is 10.1. The SMILES string of the molecule is CCC(C)Cn1cncc1CNC(C)(C)C. The summed E-state index contributed by atoms with van der Waals surface area (Å²) in [6.07, 6.45) is 5.11. The van der Waals surface area contributed by atoms with E-state index in [1.165, 1.54) is 12.1 Å². The number of imidazole rings is 1. The molecule has 0 aliphatic rings. The highest BCUT2D eigenvalue weighted by Gasteiger charge is 2.11. The van der Waals surface area contributed by atoms with Gasteiger partial charge in [-0.25, -0.2) is 4.98 Å². The Morgan fingerprint density at radius 2 is 2.12 bits per heavy atom. The molecular formula is C13H25N3. The molecule has 0 saturated carbocycles. The van der Waals surface area contributed by atoms with Gasteiger partial charge in [0.1, 0.15) is 0 Å².